The van der Waals surface area contributed by atoms with Gasteiger partial charge in [-0.2, -0.15) is 0 Å². The first-order valence-electron chi connectivity index (χ1n) is 4.07. The van der Waals surface area contributed by atoms with Crippen LogP contribution in [0, 0.1) is 0 Å². The highest BCUT2D eigenvalue weighted by molar-refractivity contribution is 5.97. The summed E-state index contributed by atoms with van der Waals surface area (Å²) in [5.74, 6) is 0.304. The van der Waals surface area contributed by atoms with E-state index in [4.69, 9.17) is 0 Å². The maximum absolute atomic E-state index is 11.3. The highest BCUT2D eigenvalue weighted by Gasteiger charge is 2.14. The average molecular weight is 149 g/mol. The number of H-pyrrole nitrogens is 1. The second-order valence-electron chi connectivity index (χ2n) is 3.02. The Kier molecular flexibility index (Phi) is 1.53. The van der Waals surface area contributed by atoms with Gasteiger partial charge in [-0.1, -0.05) is 0 Å². The molecule has 0 aromatic carbocycles. The molecule has 0 fully saturated rings. The lowest BCUT2D eigenvalue weighted by atomic mass is 10.1. The molecule has 0 radical (unpaired) electrons. The molecule has 1 aliphatic carbocycles. The molecule has 1 heterocycles. The van der Waals surface area contributed by atoms with Crippen molar-refractivity contribution in [2.24, 2.45) is 0 Å². The van der Waals surface area contributed by atoms with Crippen LogP contribution in [-0.2, 0) is 6.42 Å². The molecule has 0 bridgehead atoms. The molecule has 0 aliphatic heterocycles. The third kappa shape index (κ3) is 1.09. The maximum Gasteiger partial charge on any atom is 0.164 e. The summed E-state index contributed by atoms with van der Waals surface area (Å²) < 4.78 is 0. The van der Waals surface area contributed by atoms with Crippen molar-refractivity contribution in [2.45, 2.75) is 25.7 Å². The molecule has 2 heteroatoms. The standard InChI is InChI=1S/C9H11NO/c11-9-4-2-1-3-7-5-10-6-8(7)9/h5-6,10H,1-4H2. The number of aromatic amines is 1. The Morgan fingerprint density at radius 2 is 2.00 bits per heavy atom. The molecule has 2 nitrogen and oxygen atoms in total. The van der Waals surface area contributed by atoms with Gasteiger partial charge in [-0.15, -0.1) is 0 Å². The van der Waals surface area contributed by atoms with E-state index in [1.165, 1.54) is 5.56 Å². The van der Waals surface area contributed by atoms with Gasteiger partial charge >= 0.3 is 0 Å². The second-order valence-corrected chi connectivity index (χ2v) is 3.02. The van der Waals surface area contributed by atoms with Crippen molar-refractivity contribution in [3.8, 4) is 0 Å². The third-order valence-corrected chi connectivity index (χ3v) is 2.23. The third-order valence-electron chi connectivity index (χ3n) is 2.23. The first-order valence-corrected chi connectivity index (χ1v) is 4.07. The van der Waals surface area contributed by atoms with Gasteiger partial charge in [0.25, 0.3) is 0 Å². The minimum absolute atomic E-state index is 0.304. The second kappa shape index (κ2) is 2.53. The quantitative estimate of drug-likeness (QED) is 0.562. The van der Waals surface area contributed by atoms with E-state index in [-0.39, 0.29) is 0 Å². The Balaban J connectivity index is 2.41. The van der Waals surface area contributed by atoms with E-state index in [1.807, 2.05) is 12.4 Å². The molecule has 0 saturated heterocycles. The summed E-state index contributed by atoms with van der Waals surface area (Å²) in [6, 6.07) is 0. The van der Waals surface area contributed by atoms with Gasteiger partial charge < -0.3 is 4.98 Å². The van der Waals surface area contributed by atoms with Crippen molar-refractivity contribution < 1.29 is 4.79 Å². The summed E-state index contributed by atoms with van der Waals surface area (Å²) in [6.07, 6.45) is 7.75. The molecule has 58 valence electrons. The number of nitrogens with one attached hydrogen (secondary N) is 1. The number of aryl methyl sites for hydroxylation is 1. The van der Waals surface area contributed by atoms with Gasteiger partial charge in [0.05, 0.1) is 0 Å². The maximum atomic E-state index is 11.3. The molecule has 0 saturated carbocycles. The highest BCUT2D eigenvalue weighted by Crippen LogP contribution is 2.19. The van der Waals surface area contributed by atoms with Gasteiger partial charge in [0, 0.05) is 24.4 Å². The number of Topliss-reactive ketones (excluding diaryl/α,β-unsaturated/α-hetero) is 1. The number of carbonyl (C=O) groups excluding carboxylic acids is 1. The topological polar surface area (TPSA) is 32.9 Å². The molecule has 1 N–H and O–H groups in total. The zero-order chi connectivity index (χ0) is 7.68. The minimum atomic E-state index is 0.304. The predicted octanol–water partition coefficient (Wildman–Crippen LogP) is 1.92. The van der Waals surface area contributed by atoms with Crippen LogP contribution in [0.3, 0.4) is 0 Å². The molecular weight excluding hydrogens is 138 g/mol. The van der Waals surface area contributed by atoms with E-state index in [2.05, 4.69) is 4.98 Å². The number of carbonyl (C=O) groups is 1. The zero-order valence-corrected chi connectivity index (χ0v) is 6.39. The lowest BCUT2D eigenvalue weighted by Gasteiger charge is -1.92. The number of aromatic nitrogens is 1. The minimum Gasteiger partial charge on any atom is -0.367 e. The number of hydrogen-bond donors (Lipinski definition) is 1. The molecule has 11 heavy (non-hydrogen) atoms. The van der Waals surface area contributed by atoms with Crippen LogP contribution in [0.2, 0.25) is 0 Å². The summed E-state index contributed by atoms with van der Waals surface area (Å²) in [5, 5.41) is 0. The first kappa shape index (κ1) is 6.65. The van der Waals surface area contributed by atoms with Gasteiger partial charge in [0.2, 0.25) is 0 Å². The molecule has 2 rings (SSSR count). The summed E-state index contributed by atoms with van der Waals surface area (Å²) in [7, 11) is 0. The van der Waals surface area contributed by atoms with E-state index in [1.54, 1.807) is 0 Å². The van der Waals surface area contributed by atoms with Crippen molar-refractivity contribution in [3.63, 3.8) is 0 Å². The largest absolute Gasteiger partial charge is 0.367 e. The SMILES string of the molecule is O=C1CCCCc2c[nH]cc21. The smallest absolute Gasteiger partial charge is 0.164 e. The molecule has 1 aromatic heterocycles. The van der Waals surface area contributed by atoms with Gasteiger partial charge in [0.15, 0.2) is 5.78 Å². The van der Waals surface area contributed by atoms with Crippen LogP contribution in [0.1, 0.15) is 35.2 Å². The van der Waals surface area contributed by atoms with E-state index in [0.29, 0.717) is 5.78 Å². The molecule has 1 aromatic rings. The van der Waals surface area contributed by atoms with Crippen molar-refractivity contribution in [2.75, 3.05) is 0 Å². The van der Waals surface area contributed by atoms with Crippen molar-refractivity contribution >= 4 is 5.78 Å². The van der Waals surface area contributed by atoms with Crippen molar-refractivity contribution in [1.82, 2.24) is 4.98 Å². The molecule has 0 atom stereocenters. The van der Waals surface area contributed by atoms with Gasteiger partial charge in [-0.05, 0) is 24.8 Å². The Hall–Kier alpha value is -1.05. The Morgan fingerprint density at radius 1 is 1.18 bits per heavy atom. The summed E-state index contributed by atoms with van der Waals surface area (Å²) in [4.78, 5) is 14.3. The fourth-order valence-electron chi connectivity index (χ4n) is 1.60. The Morgan fingerprint density at radius 3 is 2.91 bits per heavy atom. The average Bonchev–Trinajstić information content (AvgIpc) is 2.40. The number of fused-ring (bicyclic) bond motifs is 1. The van der Waals surface area contributed by atoms with Crippen LogP contribution in [0.15, 0.2) is 12.4 Å². The first-order chi connectivity index (χ1) is 5.38. The van der Waals surface area contributed by atoms with Gasteiger partial charge in [-0.3, -0.25) is 4.79 Å². The molecule has 0 amide bonds. The summed E-state index contributed by atoms with van der Waals surface area (Å²) in [5.41, 5.74) is 2.12. The van der Waals surface area contributed by atoms with Gasteiger partial charge in [0.1, 0.15) is 0 Å². The van der Waals surface area contributed by atoms with Crippen LogP contribution in [0.5, 0.6) is 0 Å². The van der Waals surface area contributed by atoms with Gasteiger partial charge in [-0.25, -0.2) is 0 Å². The number of hydrogen-bond acceptors (Lipinski definition) is 1. The van der Waals surface area contributed by atoms with Crippen LogP contribution in [0.4, 0.5) is 0 Å². The van der Waals surface area contributed by atoms with E-state index in [9.17, 15) is 4.79 Å². The molecule has 0 unspecified atom stereocenters. The fourth-order valence-corrected chi connectivity index (χ4v) is 1.60. The van der Waals surface area contributed by atoms with Crippen LogP contribution < -0.4 is 0 Å². The van der Waals surface area contributed by atoms with E-state index in [0.717, 1.165) is 31.2 Å². The zero-order valence-electron chi connectivity index (χ0n) is 6.39. The Bertz CT molecular complexity index is 275. The molecule has 0 spiro atoms. The normalized spacial score (nSPS) is 17.6. The number of ketones is 1. The monoisotopic (exact) mass is 149 g/mol. The van der Waals surface area contributed by atoms with Crippen LogP contribution in [-0.4, -0.2) is 10.8 Å². The van der Waals surface area contributed by atoms with E-state index < -0.39 is 0 Å². The lowest BCUT2D eigenvalue weighted by molar-refractivity contribution is 0.0982. The van der Waals surface area contributed by atoms with Crippen molar-refractivity contribution in [3.05, 3.63) is 23.5 Å². The number of rotatable bonds is 0. The fraction of sp³-hybridized carbons (Fsp3) is 0.444. The lowest BCUT2D eigenvalue weighted by Crippen LogP contribution is -1.95. The van der Waals surface area contributed by atoms with Crippen LogP contribution in [0.25, 0.3) is 0 Å². The van der Waals surface area contributed by atoms with E-state index >= 15 is 0 Å². The van der Waals surface area contributed by atoms with Crippen LogP contribution >= 0.6 is 0 Å². The Labute approximate surface area is 65.6 Å². The van der Waals surface area contributed by atoms with Crippen molar-refractivity contribution in [1.29, 1.82) is 0 Å². The summed E-state index contributed by atoms with van der Waals surface area (Å²) >= 11 is 0. The predicted molar refractivity (Wildman–Crippen MR) is 42.7 cm³/mol. The molecule has 1 aliphatic rings. The highest BCUT2D eigenvalue weighted by atomic mass is 16.1. The molecular formula is C9H11NO. The summed E-state index contributed by atoms with van der Waals surface area (Å²) in [6.45, 7) is 0.